The number of rotatable bonds is 4. The number of benzene rings is 2. The first-order valence-corrected chi connectivity index (χ1v) is 10.5. The molecule has 0 bridgehead atoms. The molecule has 0 atom stereocenters. The van der Waals surface area contributed by atoms with Crippen molar-refractivity contribution in [1.29, 1.82) is 0 Å². The van der Waals surface area contributed by atoms with Gasteiger partial charge in [-0.15, -0.1) is 11.3 Å². The van der Waals surface area contributed by atoms with Crippen LogP contribution in [0, 0.1) is 0 Å². The molecule has 150 valence electrons. The average molecular weight is 439 g/mol. The number of carbonyl (C=O) groups excluding carboxylic acids is 1. The Morgan fingerprint density at radius 2 is 1.83 bits per heavy atom. The molecule has 5 rings (SSSR count). The largest absolute Gasteiger partial charge is 0.486 e. The summed E-state index contributed by atoms with van der Waals surface area (Å²) in [7, 11) is 0. The maximum absolute atomic E-state index is 12.9. The van der Waals surface area contributed by atoms with E-state index in [1.54, 1.807) is 30.3 Å². The predicted octanol–water partition coefficient (Wildman–Crippen LogP) is 4.43. The minimum Gasteiger partial charge on any atom is -0.486 e. The van der Waals surface area contributed by atoms with E-state index in [1.807, 2.05) is 18.2 Å². The van der Waals surface area contributed by atoms with Crippen LogP contribution in [0.1, 0.15) is 10.4 Å². The lowest BCUT2D eigenvalue weighted by molar-refractivity contribution is 0.0969. The number of halogens is 1. The Morgan fingerprint density at radius 3 is 2.63 bits per heavy atom. The first kappa shape index (κ1) is 18.8. The van der Waals surface area contributed by atoms with Crippen LogP contribution < -0.4 is 15.0 Å². The molecule has 0 fully saturated rings. The third-order valence-corrected chi connectivity index (χ3v) is 6.22. The van der Waals surface area contributed by atoms with Crippen LogP contribution in [0.25, 0.3) is 20.7 Å². The van der Waals surface area contributed by atoms with E-state index in [1.165, 1.54) is 22.2 Å². The van der Waals surface area contributed by atoms with Crippen LogP contribution in [0.2, 0.25) is 5.02 Å². The molecule has 0 saturated carbocycles. The molecule has 0 radical (unpaired) electrons. The number of nitrogens with zero attached hydrogens (tertiary/aromatic N) is 2. The van der Waals surface area contributed by atoms with Crippen LogP contribution in [0.3, 0.4) is 0 Å². The normalized spacial score (nSPS) is 12.8. The molecular weight excluding hydrogens is 424 g/mol. The summed E-state index contributed by atoms with van der Waals surface area (Å²) >= 11 is 7.30. The van der Waals surface area contributed by atoms with Gasteiger partial charge < -0.3 is 9.47 Å². The van der Waals surface area contributed by atoms with Gasteiger partial charge in [-0.1, -0.05) is 23.7 Å². The third-order valence-electron chi connectivity index (χ3n) is 4.81. The van der Waals surface area contributed by atoms with E-state index in [9.17, 15) is 9.59 Å². The number of hydrogen-bond acceptors (Lipinski definition) is 6. The zero-order chi connectivity index (χ0) is 20.7. The Morgan fingerprint density at radius 1 is 1.07 bits per heavy atom. The van der Waals surface area contributed by atoms with Gasteiger partial charge >= 0.3 is 0 Å². The van der Waals surface area contributed by atoms with E-state index in [2.05, 4.69) is 4.98 Å². The van der Waals surface area contributed by atoms with E-state index in [4.69, 9.17) is 21.1 Å². The van der Waals surface area contributed by atoms with Gasteiger partial charge in [0.2, 0.25) is 0 Å². The van der Waals surface area contributed by atoms with E-state index in [0.717, 1.165) is 10.4 Å². The molecule has 30 heavy (non-hydrogen) atoms. The number of Topliss-reactive ketones (excluding diaryl/α,β-unsaturated/α-hetero) is 1. The lowest BCUT2D eigenvalue weighted by Gasteiger charge is -2.18. The molecule has 2 aromatic heterocycles. The molecule has 1 aliphatic rings. The fourth-order valence-corrected chi connectivity index (χ4v) is 4.47. The van der Waals surface area contributed by atoms with Gasteiger partial charge in [-0.2, -0.15) is 0 Å². The molecule has 0 N–H and O–H groups in total. The van der Waals surface area contributed by atoms with Gasteiger partial charge in [0.1, 0.15) is 17.9 Å². The monoisotopic (exact) mass is 438 g/mol. The highest BCUT2D eigenvalue weighted by Crippen LogP contribution is 2.32. The summed E-state index contributed by atoms with van der Waals surface area (Å²) in [5, 5.41) is 0.651. The summed E-state index contributed by atoms with van der Waals surface area (Å²) in [6.07, 6.45) is 1.42. The fraction of sp³-hybridized carbons (Fsp3) is 0.136. The van der Waals surface area contributed by atoms with Gasteiger partial charge in [-0.25, -0.2) is 4.98 Å². The Bertz CT molecular complexity index is 1330. The number of hydrogen-bond donors (Lipinski definition) is 0. The number of aromatic nitrogens is 2. The molecule has 0 aliphatic carbocycles. The van der Waals surface area contributed by atoms with Crippen molar-refractivity contribution in [2.75, 3.05) is 13.2 Å². The fourth-order valence-electron chi connectivity index (χ4n) is 3.28. The van der Waals surface area contributed by atoms with E-state index in [-0.39, 0.29) is 17.9 Å². The summed E-state index contributed by atoms with van der Waals surface area (Å²) in [5.74, 6) is 0.954. The van der Waals surface area contributed by atoms with Gasteiger partial charge in [0.25, 0.3) is 5.56 Å². The number of fused-ring (bicyclic) bond motifs is 2. The first-order chi connectivity index (χ1) is 14.6. The molecule has 8 heteroatoms. The maximum Gasteiger partial charge on any atom is 0.271 e. The van der Waals surface area contributed by atoms with Gasteiger partial charge in [-0.05, 0) is 42.0 Å². The zero-order valence-corrected chi connectivity index (χ0v) is 17.2. The van der Waals surface area contributed by atoms with Gasteiger partial charge in [0.15, 0.2) is 17.3 Å². The van der Waals surface area contributed by atoms with Crippen LogP contribution in [0.5, 0.6) is 11.5 Å². The zero-order valence-electron chi connectivity index (χ0n) is 15.6. The molecule has 2 aromatic carbocycles. The van der Waals surface area contributed by atoms with Crippen LogP contribution in [0.15, 0.2) is 59.7 Å². The van der Waals surface area contributed by atoms with Crippen molar-refractivity contribution in [2.24, 2.45) is 0 Å². The van der Waals surface area contributed by atoms with Gasteiger partial charge in [0.05, 0.1) is 18.4 Å². The summed E-state index contributed by atoms with van der Waals surface area (Å²) in [4.78, 5) is 31.0. The summed E-state index contributed by atoms with van der Waals surface area (Å²) < 4.78 is 12.9. The average Bonchev–Trinajstić information content (AvgIpc) is 3.21. The van der Waals surface area contributed by atoms with Crippen molar-refractivity contribution < 1.29 is 14.3 Å². The highest BCUT2D eigenvalue weighted by Gasteiger charge is 2.17. The summed E-state index contributed by atoms with van der Waals surface area (Å²) in [6.45, 7) is 0.828. The topological polar surface area (TPSA) is 70.4 Å². The van der Waals surface area contributed by atoms with Crippen LogP contribution in [-0.4, -0.2) is 28.5 Å². The number of carbonyl (C=O) groups is 1. The molecule has 1 aliphatic heterocycles. The van der Waals surface area contributed by atoms with Crippen molar-refractivity contribution >= 4 is 38.9 Å². The number of thiophene rings is 1. The molecule has 0 spiro atoms. The smallest absolute Gasteiger partial charge is 0.271 e. The molecule has 0 amide bonds. The highest BCUT2D eigenvalue weighted by molar-refractivity contribution is 7.22. The van der Waals surface area contributed by atoms with Crippen molar-refractivity contribution in [3.63, 3.8) is 0 Å². The predicted molar refractivity (Wildman–Crippen MR) is 116 cm³/mol. The quantitative estimate of drug-likeness (QED) is 0.441. The van der Waals surface area contributed by atoms with Crippen LogP contribution in [-0.2, 0) is 6.54 Å². The van der Waals surface area contributed by atoms with Crippen molar-refractivity contribution in [3.05, 3.63) is 75.8 Å². The molecule has 6 nitrogen and oxygen atoms in total. The van der Waals surface area contributed by atoms with Crippen molar-refractivity contribution in [2.45, 2.75) is 6.54 Å². The maximum atomic E-state index is 12.9. The van der Waals surface area contributed by atoms with Gasteiger partial charge in [0, 0.05) is 15.5 Å². The number of ether oxygens (including phenoxy) is 2. The summed E-state index contributed by atoms with van der Waals surface area (Å²) in [6, 6.07) is 14.3. The second-order valence-electron chi connectivity index (χ2n) is 6.79. The van der Waals surface area contributed by atoms with E-state index >= 15 is 0 Å². The van der Waals surface area contributed by atoms with E-state index < -0.39 is 0 Å². The highest BCUT2D eigenvalue weighted by atomic mass is 35.5. The van der Waals surface area contributed by atoms with Crippen LogP contribution >= 0.6 is 22.9 Å². The minimum absolute atomic E-state index is 0.102. The molecule has 3 heterocycles. The Balaban J connectivity index is 1.44. The third kappa shape index (κ3) is 3.46. The second-order valence-corrected chi connectivity index (χ2v) is 8.28. The van der Waals surface area contributed by atoms with Crippen molar-refractivity contribution in [1.82, 2.24) is 9.55 Å². The molecule has 4 aromatic rings. The standard InChI is InChI=1S/C22H15ClN2O4S/c23-15-4-1-13(2-5-15)20-10-16-21(30-20)22(27)25(12-24-16)11-17(26)14-3-6-18-19(9-14)29-8-7-28-18/h1-6,9-10,12H,7-8,11H2. The SMILES string of the molecule is O=C(Cn1cnc2cc(-c3ccc(Cl)cc3)sc2c1=O)c1ccc2c(c1)OCCO2. The molecular formula is C22H15ClN2O4S. The Labute approximate surface area is 180 Å². The Kier molecular flexibility index (Phi) is 4.77. The lowest BCUT2D eigenvalue weighted by Crippen LogP contribution is -2.24. The first-order valence-electron chi connectivity index (χ1n) is 9.26. The van der Waals surface area contributed by atoms with E-state index in [0.29, 0.717) is 45.5 Å². The molecule has 0 unspecified atom stereocenters. The van der Waals surface area contributed by atoms with Gasteiger partial charge in [-0.3, -0.25) is 14.2 Å². The van der Waals surface area contributed by atoms with Crippen molar-refractivity contribution in [3.8, 4) is 21.9 Å². The van der Waals surface area contributed by atoms with Crippen LogP contribution in [0.4, 0.5) is 0 Å². The second kappa shape index (κ2) is 7.59. The minimum atomic E-state index is -0.240. The number of ketones is 1. The summed E-state index contributed by atoms with van der Waals surface area (Å²) in [5.41, 5.74) is 1.79. The lowest BCUT2D eigenvalue weighted by atomic mass is 10.1. The Hall–Kier alpha value is -3.16. The molecule has 0 saturated heterocycles.